The maximum atomic E-state index is 13.5. The van der Waals surface area contributed by atoms with Crippen LogP contribution in [0.1, 0.15) is 84.5 Å². The maximum absolute atomic E-state index is 13.5. The maximum Gasteiger partial charge on any atom is 0.243 e. The van der Waals surface area contributed by atoms with Gasteiger partial charge in [-0.15, -0.1) is 0 Å². The van der Waals surface area contributed by atoms with E-state index >= 15 is 0 Å². The first-order chi connectivity index (χ1) is 19.6. The second-order valence-electron chi connectivity index (χ2n) is 10.8. The number of Topliss-reactive ketones (excluding diaryl/α,β-unsaturated/α-hetero) is 2. The zero-order valence-corrected chi connectivity index (χ0v) is 26.3. The van der Waals surface area contributed by atoms with Gasteiger partial charge in [-0.25, -0.2) is 0 Å². The van der Waals surface area contributed by atoms with Crippen LogP contribution in [-0.4, -0.2) is 101 Å². The molecule has 12 heteroatoms. The molecule has 7 N–H and O–H groups in total. The molecule has 0 rings (SSSR count). The van der Waals surface area contributed by atoms with Crippen molar-refractivity contribution in [2.45, 2.75) is 109 Å². The molecule has 0 bridgehead atoms. The molecule has 3 atom stereocenters. The molecule has 0 heterocycles. The topological polar surface area (TPSA) is 170 Å². The average Bonchev–Trinajstić information content (AvgIpc) is 2.91. The number of ketones is 2. The number of nitrogens with one attached hydrogen (secondary N) is 7. The predicted molar refractivity (Wildman–Crippen MR) is 163 cm³/mol. The highest BCUT2D eigenvalue weighted by Gasteiger charge is 2.29. The zero-order valence-electron chi connectivity index (χ0n) is 26.3. The van der Waals surface area contributed by atoms with Crippen LogP contribution < -0.4 is 37.2 Å². The number of carbonyl (C=O) groups is 5. The lowest BCUT2D eigenvalue weighted by atomic mass is 10.0. The molecule has 0 aromatic heterocycles. The molecule has 3 amide bonds. The molecule has 0 saturated heterocycles. The van der Waals surface area contributed by atoms with Crippen LogP contribution in [0.5, 0.6) is 0 Å². The smallest absolute Gasteiger partial charge is 0.243 e. The molecule has 0 spiro atoms. The van der Waals surface area contributed by atoms with Gasteiger partial charge in [-0.3, -0.25) is 24.0 Å². The first-order valence-electron chi connectivity index (χ1n) is 15.1. The van der Waals surface area contributed by atoms with E-state index in [1.807, 2.05) is 21.1 Å². The van der Waals surface area contributed by atoms with Gasteiger partial charge in [0, 0.05) is 18.9 Å². The third-order valence-corrected chi connectivity index (χ3v) is 6.85. The fraction of sp³-hybridized carbons (Fsp3) is 0.828. The molecular weight excluding hydrogens is 526 g/mol. The van der Waals surface area contributed by atoms with Crippen molar-refractivity contribution >= 4 is 29.3 Å². The molecule has 0 radical (unpaired) electrons. The van der Waals surface area contributed by atoms with Gasteiger partial charge in [0.25, 0.3) is 0 Å². The van der Waals surface area contributed by atoms with Gasteiger partial charge in [-0.05, 0) is 113 Å². The van der Waals surface area contributed by atoms with Crippen molar-refractivity contribution in [1.29, 1.82) is 0 Å². The van der Waals surface area contributed by atoms with Crippen molar-refractivity contribution in [3.8, 4) is 0 Å². The third-order valence-electron chi connectivity index (χ3n) is 6.85. The van der Waals surface area contributed by atoms with E-state index in [1.165, 1.54) is 13.8 Å². The number of hydrogen-bond donors (Lipinski definition) is 7. The van der Waals surface area contributed by atoms with Crippen LogP contribution in [0.3, 0.4) is 0 Å². The summed E-state index contributed by atoms with van der Waals surface area (Å²) in [5.74, 6) is -1.38. The van der Waals surface area contributed by atoms with Gasteiger partial charge in [0.05, 0.1) is 6.04 Å². The standard InChI is InChI=1S/C29H57N7O5/c1-21(37)19-23(20-22(2)38)34-28(40)25(14-8-11-17-31-4)36-29(41)26(15-9-12-18-32-5)35-27(39)24(33-6)13-7-10-16-30-3/h23-26,30-33H,7-20H2,1-6H3,(H,34,40)(H,35,39)(H,36,41). The molecule has 0 aromatic rings. The van der Waals surface area contributed by atoms with E-state index in [-0.39, 0.29) is 30.3 Å². The Kier molecular flexibility index (Phi) is 22.8. The molecule has 0 aliphatic carbocycles. The predicted octanol–water partition coefficient (Wildman–Crippen LogP) is 0.156. The molecule has 12 nitrogen and oxygen atoms in total. The zero-order chi connectivity index (χ0) is 31.0. The molecule has 41 heavy (non-hydrogen) atoms. The minimum absolute atomic E-state index is 0.0373. The Morgan fingerprint density at radius 1 is 0.488 bits per heavy atom. The first-order valence-corrected chi connectivity index (χ1v) is 15.1. The monoisotopic (exact) mass is 583 g/mol. The molecule has 0 aromatic carbocycles. The Hall–Kier alpha value is -2.41. The fourth-order valence-corrected chi connectivity index (χ4v) is 4.61. The largest absolute Gasteiger partial charge is 0.351 e. The second kappa shape index (κ2) is 24.2. The lowest BCUT2D eigenvalue weighted by Gasteiger charge is -2.26. The first kappa shape index (κ1) is 38.6. The normalized spacial score (nSPS) is 13.3. The van der Waals surface area contributed by atoms with E-state index in [0.717, 1.165) is 45.3 Å². The van der Waals surface area contributed by atoms with E-state index in [4.69, 9.17) is 0 Å². The van der Waals surface area contributed by atoms with E-state index in [2.05, 4.69) is 37.2 Å². The van der Waals surface area contributed by atoms with Crippen LogP contribution >= 0.6 is 0 Å². The second-order valence-corrected chi connectivity index (χ2v) is 10.8. The summed E-state index contributed by atoms with van der Waals surface area (Å²) in [6.07, 6.45) is 6.36. The van der Waals surface area contributed by atoms with E-state index in [1.54, 1.807) is 7.05 Å². The van der Waals surface area contributed by atoms with E-state index in [0.29, 0.717) is 32.1 Å². The molecule has 0 aliphatic rings. The highest BCUT2D eigenvalue weighted by Crippen LogP contribution is 2.09. The molecular formula is C29H57N7O5. The third kappa shape index (κ3) is 19.4. The fourth-order valence-electron chi connectivity index (χ4n) is 4.61. The van der Waals surface area contributed by atoms with Gasteiger partial charge < -0.3 is 37.2 Å². The van der Waals surface area contributed by atoms with Crippen LogP contribution in [0.4, 0.5) is 0 Å². The highest BCUT2D eigenvalue weighted by molar-refractivity contribution is 5.93. The van der Waals surface area contributed by atoms with Crippen molar-refractivity contribution in [2.75, 3.05) is 47.8 Å². The number of unbranched alkanes of at least 4 members (excludes halogenated alkanes) is 3. The lowest BCUT2D eigenvalue weighted by molar-refractivity contribution is -0.133. The van der Waals surface area contributed by atoms with Crippen LogP contribution in [0.25, 0.3) is 0 Å². The molecule has 3 unspecified atom stereocenters. The van der Waals surface area contributed by atoms with Gasteiger partial charge in [0.15, 0.2) is 0 Å². The molecule has 0 fully saturated rings. The Morgan fingerprint density at radius 3 is 1.17 bits per heavy atom. The van der Waals surface area contributed by atoms with E-state index < -0.39 is 36.0 Å². The summed E-state index contributed by atoms with van der Waals surface area (Å²) >= 11 is 0. The minimum Gasteiger partial charge on any atom is -0.351 e. The summed E-state index contributed by atoms with van der Waals surface area (Å²) in [5, 5.41) is 20.9. The number of carbonyl (C=O) groups excluding carboxylic acids is 5. The average molecular weight is 584 g/mol. The summed E-state index contributed by atoms with van der Waals surface area (Å²) in [7, 11) is 7.33. The van der Waals surface area contributed by atoms with Crippen molar-refractivity contribution in [1.82, 2.24) is 37.2 Å². The summed E-state index contributed by atoms with van der Waals surface area (Å²) in [4.78, 5) is 63.4. The number of hydrogen-bond acceptors (Lipinski definition) is 9. The lowest BCUT2D eigenvalue weighted by Crippen LogP contribution is -2.56. The van der Waals surface area contributed by atoms with Crippen LogP contribution in [0, 0.1) is 0 Å². The number of likely N-dealkylation sites (N-methyl/N-ethyl adjacent to an activating group) is 1. The summed E-state index contributed by atoms with van der Waals surface area (Å²) < 4.78 is 0. The van der Waals surface area contributed by atoms with Crippen molar-refractivity contribution in [2.24, 2.45) is 0 Å². The summed E-state index contributed by atoms with van der Waals surface area (Å²) in [5.41, 5.74) is 0. The van der Waals surface area contributed by atoms with Gasteiger partial charge in [-0.1, -0.05) is 6.42 Å². The van der Waals surface area contributed by atoms with Gasteiger partial charge in [-0.2, -0.15) is 0 Å². The van der Waals surface area contributed by atoms with Gasteiger partial charge in [0.1, 0.15) is 23.7 Å². The Labute approximate surface area is 247 Å². The van der Waals surface area contributed by atoms with Crippen molar-refractivity contribution in [3.63, 3.8) is 0 Å². The van der Waals surface area contributed by atoms with Gasteiger partial charge in [0.2, 0.25) is 17.7 Å². The van der Waals surface area contributed by atoms with Gasteiger partial charge >= 0.3 is 0 Å². The molecule has 238 valence electrons. The van der Waals surface area contributed by atoms with Crippen molar-refractivity contribution < 1.29 is 24.0 Å². The summed E-state index contributed by atoms with van der Waals surface area (Å²) in [6.45, 7) is 5.25. The number of rotatable bonds is 26. The Morgan fingerprint density at radius 2 is 0.829 bits per heavy atom. The summed E-state index contributed by atoms with van der Waals surface area (Å²) in [6, 6.07) is -2.73. The molecule has 0 saturated carbocycles. The van der Waals surface area contributed by atoms with E-state index in [9.17, 15) is 24.0 Å². The Bertz CT molecular complexity index is 765. The van der Waals surface area contributed by atoms with Crippen molar-refractivity contribution in [3.05, 3.63) is 0 Å². The quantitative estimate of drug-likeness (QED) is 0.0701. The minimum atomic E-state index is -0.862. The van der Waals surface area contributed by atoms with Crippen LogP contribution in [0.15, 0.2) is 0 Å². The SMILES string of the molecule is CNCCCCC(NC)C(=O)NC(CCCCNC)C(=O)NC(CCCCNC)C(=O)NC(CC(C)=O)CC(C)=O. The Balaban J connectivity index is 5.67. The van der Waals surface area contributed by atoms with Crippen LogP contribution in [0.2, 0.25) is 0 Å². The van der Waals surface area contributed by atoms with Crippen LogP contribution in [-0.2, 0) is 24.0 Å². The highest BCUT2D eigenvalue weighted by atomic mass is 16.2. The number of amides is 3. The molecule has 0 aliphatic heterocycles.